The predicted molar refractivity (Wildman–Crippen MR) is 95.3 cm³/mol. The first-order valence-corrected chi connectivity index (χ1v) is 8.97. The molecule has 0 aliphatic heterocycles. The third kappa shape index (κ3) is 6.39. The zero-order chi connectivity index (χ0) is 14.9. The molecule has 0 saturated carbocycles. The lowest BCUT2D eigenvalue weighted by atomic mass is 10.1. The highest BCUT2D eigenvalue weighted by Gasteiger charge is 1.96. The van der Waals surface area contributed by atoms with Gasteiger partial charge in [-0.05, 0) is 56.6 Å². The molecule has 0 unspecified atom stereocenters. The molecule has 0 atom stereocenters. The summed E-state index contributed by atoms with van der Waals surface area (Å²) in [4.78, 5) is 1.41. The molecule has 0 bridgehead atoms. The molecule has 2 aromatic carbocycles. The maximum absolute atomic E-state index is 2.28. The molecule has 1 heteroatoms. The predicted octanol–water partition coefficient (Wildman–Crippen LogP) is 6.20. The van der Waals surface area contributed by atoms with E-state index >= 15 is 0 Å². The summed E-state index contributed by atoms with van der Waals surface area (Å²) in [5, 5.41) is 0. The second-order valence-electron chi connectivity index (χ2n) is 5.81. The van der Waals surface area contributed by atoms with Crippen molar-refractivity contribution in [3.63, 3.8) is 0 Å². The highest BCUT2D eigenvalue weighted by Crippen LogP contribution is 2.20. The van der Waals surface area contributed by atoms with E-state index in [0.29, 0.717) is 0 Å². The van der Waals surface area contributed by atoms with Crippen LogP contribution in [0.5, 0.6) is 0 Å². The van der Waals surface area contributed by atoms with Gasteiger partial charge in [-0.15, -0.1) is 11.8 Å². The van der Waals surface area contributed by atoms with E-state index in [1.807, 2.05) is 11.8 Å². The molecule has 21 heavy (non-hydrogen) atoms. The van der Waals surface area contributed by atoms with Gasteiger partial charge in [0.15, 0.2) is 0 Å². The first kappa shape index (κ1) is 16.2. The standard InChI is InChI=1S/C20H26S/c1-17-11-13-19(14-12-17)9-5-3-4-6-15-21-20-10-7-8-18(2)16-20/h7-8,10-14,16H,3-6,9,15H2,1-2H3. The highest BCUT2D eigenvalue weighted by molar-refractivity contribution is 7.99. The van der Waals surface area contributed by atoms with E-state index in [4.69, 9.17) is 0 Å². The number of benzene rings is 2. The van der Waals surface area contributed by atoms with E-state index in [2.05, 4.69) is 62.4 Å². The number of hydrogen-bond donors (Lipinski definition) is 0. The van der Waals surface area contributed by atoms with Crippen molar-refractivity contribution >= 4 is 11.8 Å². The monoisotopic (exact) mass is 298 g/mol. The Labute approximate surface area is 134 Å². The minimum atomic E-state index is 1.23. The van der Waals surface area contributed by atoms with Crippen molar-refractivity contribution in [2.24, 2.45) is 0 Å². The van der Waals surface area contributed by atoms with Gasteiger partial charge >= 0.3 is 0 Å². The summed E-state index contributed by atoms with van der Waals surface area (Å²) in [5.74, 6) is 1.24. The fourth-order valence-electron chi connectivity index (χ4n) is 2.43. The minimum absolute atomic E-state index is 1.23. The van der Waals surface area contributed by atoms with Gasteiger partial charge in [-0.3, -0.25) is 0 Å². The van der Waals surface area contributed by atoms with Gasteiger partial charge in [-0.1, -0.05) is 60.4 Å². The fraction of sp³-hybridized carbons (Fsp3) is 0.400. The van der Waals surface area contributed by atoms with Gasteiger partial charge in [-0.25, -0.2) is 0 Å². The van der Waals surface area contributed by atoms with Gasteiger partial charge in [0, 0.05) is 4.90 Å². The van der Waals surface area contributed by atoms with Crippen molar-refractivity contribution in [2.75, 3.05) is 5.75 Å². The van der Waals surface area contributed by atoms with Gasteiger partial charge in [0.1, 0.15) is 0 Å². The molecule has 0 aliphatic carbocycles. The van der Waals surface area contributed by atoms with Crippen LogP contribution < -0.4 is 0 Å². The molecule has 0 heterocycles. The van der Waals surface area contributed by atoms with Gasteiger partial charge < -0.3 is 0 Å². The summed E-state index contributed by atoms with van der Waals surface area (Å²) < 4.78 is 0. The number of hydrogen-bond acceptors (Lipinski definition) is 1. The second-order valence-corrected chi connectivity index (χ2v) is 6.98. The maximum atomic E-state index is 2.28. The molecule has 0 aliphatic rings. The zero-order valence-electron chi connectivity index (χ0n) is 13.3. The fourth-order valence-corrected chi connectivity index (χ4v) is 3.46. The Bertz CT molecular complexity index is 528. The SMILES string of the molecule is Cc1ccc(CCCCCCSc2cccc(C)c2)cc1. The largest absolute Gasteiger partial charge is 0.126 e. The van der Waals surface area contributed by atoms with Gasteiger partial charge in [-0.2, -0.15) is 0 Å². The van der Waals surface area contributed by atoms with Gasteiger partial charge in [0.2, 0.25) is 0 Å². The Morgan fingerprint density at radius 1 is 0.762 bits per heavy atom. The van der Waals surface area contributed by atoms with Crippen molar-refractivity contribution in [1.29, 1.82) is 0 Å². The van der Waals surface area contributed by atoms with Crippen LogP contribution in [-0.2, 0) is 6.42 Å². The normalized spacial score (nSPS) is 10.8. The lowest BCUT2D eigenvalue weighted by molar-refractivity contribution is 0.670. The third-order valence-electron chi connectivity index (χ3n) is 3.74. The highest BCUT2D eigenvalue weighted by atomic mass is 32.2. The topological polar surface area (TPSA) is 0 Å². The van der Waals surface area contributed by atoms with Crippen molar-refractivity contribution < 1.29 is 0 Å². The van der Waals surface area contributed by atoms with Crippen molar-refractivity contribution in [3.8, 4) is 0 Å². The van der Waals surface area contributed by atoms with Crippen LogP contribution in [0.3, 0.4) is 0 Å². The molecule has 0 radical (unpaired) electrons. The molecule has 0 fully saturated rings. The van der Waals surface area contributed by atoms with Crippen LogP contribution >= 0.6 is 11.8 Å². The molecule has 112 valence electrons. The molecular formula is C20H26S. The van der Waals surface area contributed by atoms with E-state index in [1.54, 1.807) is 0 Å². The zero-order valence-corrected chi connectivity index (χ0v) is 14.1. The summed E-state index contributed by atoms with van der Waals surface area (Å²) >= 11 is 1.99. The van der Waals surface area contributed by atoms with E-state index in [0.717, 1.165) is 0 Å². The number of thioether (sulfide) groups is 1. The molecule has 0 nitrogen and oxygen atoms in total. The molecule has 0 amide bonds. The summed E-state index contributed by atoms with van der Waals surface area (Å²) in [6.07, 6.45) is 6.57. The lowest BCUT2D eigenvalue weighted by Gasteiger charge is -2.04. The summed E-state index contributed by atoms with van der Waals surface area (Å²) in [6.45, 7) is 4.31. The summed E-state index contributed by atoms with van der Waals surface area (Å²) in [7, 11) is 0. The van der Waals surface area contributed by atoms with Crippen LogP contribution in [0.25, 0.3) is 0 Å². The molecule has 0 N–H and O–H groups in total. The van der Waals surface area contributed by atoms with E-state index in [9.17, 15) is 0 Å². The Kier molecular flexibility index (Phi) is 6.88. The lowest BCUT2D eigenvalue weighted by Crippen LogP contribution is -1.87. The van der Waals surface area contributed by atoms with E-state index < -0.39 is 0 Å². The van der Waals surface area contributed by atoms with Gasteiger partial charge in [0.05, 0.1) is 0 Å². The molecule has 2 rings (SSSR count). The summed E-state index contributed by atoms with van der Waals surface area (Å²) in [5.41, 5.74) is 4.19. The molecule has 2 aromatic rings. The third-order valence-corrected chi connectivity index (χ3v) is 4.82. The maximum Gasteiger partial charge on any atom is 0.00745 e. The Hall–Kier alpha value is -1.21. The molecule has 0 spiro atoms. The second kappa shape index (κ2) is 8.94. The van der Waals surface area contributed by atoms with Crippen LogP contribution in [0.1, 0.15) is 42.4 Å². The minimum Gasteiger partial charge on any atom is -0.126 e. The van der Waals surface area contributed by atoms with Crippen molar-refractivity contribution in [3.05, 3.63) is 65.2 Å². The number of rotatable bonds is 8. The van der Waals surface area contributed by atoms with Crippen LogP contribution in [0.4, 0.5) is 0 Å². The van der Waals surface area contributed by atoms with Crippen LogP contribution in [-0.4, -0.2) is 5.75 Å². The summed E-state index contributed by atoms with van der Waals surface area (Å²) in [6, 6.07) is 17.8. The smallest absolute Gasteiger partial charge is 0.00745 e. The van der Waals surface area contributed by atoms with E-state index in [-0.39, 0.29) is 0 Å². The quantitative estimate of drug-likeness (QED) is 0.413. The number of unbranched alkanes of at least 4 members (excludes halogenated alkanes) is 3. The Balaban J connectivity index is 1.53. The molecule has 0 aromatic heterocycles. The number of aryl methyl sites for hydroxylation is 3. The van der Waals surface area contributed by atoms with E-state index in [1.165, 1.54) is 59.4 Å². The van der Waals surface area contributed by atoms with Crippen LogP contribution in [0, 0.1) is 13.8 Å². The van der Waals surface area contributed by atoms with Crippen LogP contribution in [0.2, 0.25) is 0 Å². The molecule has 0 saturated heterocycles. The average molecular weight is 298 g/mol. The first-order valence-electron chi connectivity index (χ1n) is 7.99. The Morgan fingerprint density at radius 2 is 1.52 bits per heavy atom. The van der Waals surface area contributed by atoms with Crippen molar-refractivity contribution in [1.82, 2.24) is 0 Å². The van der Waals surface area contributed by atoms with Crippen molar-refractivity contribution in [2.45, 2.75) is 50.8 Å². The van der Waals surface area contributed by atoms with Gasteiger partial charge in [0.25, 0.3) is 0 Å². The average Bonchev–Trinajstić information content (AvgIpc) is 2.48. The molecular weight excluding hydrogens is 272 g/mol. The first-order chi connectivity index (χ1) is 10.2. The Morgan fingerprint density at radius 3 is 2.29 bits per heavy atom. The van der Waals surface area contributed by atoms with Crippen LogP contribution in [0.15, 0.2) is 53.4 Å².